The molecule has 1 nitrogen and oxygen atoms in total. The molecule has 3 heteroatoms. The van der Waals surface area contributed by atoms with Gasteiger partial charge in [-0.1, -0.05) is 87.1 Å². The Morgan fingerprint density at radius 3 is 1.38 bits per heavy atom. The van der Waals surface area contributed by atoms with Crippen LogP contribution in [-0.2, 0) is 0 Å². The lowest BCUT2D eigenvalue weighted by atomic mass is 10.1. The number of hydrogen-bond donors (Lipinski definition) is 0. The molecular formula is C18H39BrClN. The van der Waals surface area contributed by atoms with E-state index in [9.17, 15) is 0 Å². The van der Waals surface area contributed by atoms with E-state index in [2.05, 4.69) is 36.9 Å². The molecule has 0 rings (SSSR count). The fourth-order valence-corrected chi connectivity index (χ4v) is 3.68. The molecule has 0 aromatic heterocycles. The zero-order valence-corrected chi connectivity index (χ0v) is 17.2. The van der Waals surface area contributed by atoms with Crippen LogP contribution in [0.4, 0.5) is 0 Å². The minimum Gasteiger partial charge on any atom is -1.00 e. The molecule has 130 valence electrons. The number of nitrogens with zero attached hydrogens (tertiary/aromatic N) is 1. The molecule has 0 bridgehead atoms. The van der Waals surface area contributed by atoms with Crippen LogP contribution in [0.3, 0.4) is 0 Å². The molecule has 0 fully saturated rings. The van der Waals surface area contributed by atoms with Crippen molar-refractivity contribution < 1.29 is 16.9 Å². The highest BCUT2D eigenvalue weighted by Gasteiger charge is 2.12. The second kappa shape index (κ2) is 17.1. The van der Waals surface area contributed by atoms with Gasteiger partial charge in [0.1, 0.15) is 0 Å². The van der Waals surface area contributed by atoms with Crippen LogP contribution in [0.2, 0.25) is 0 Å². The maximum absolute atomic E-state index is 3.55. The average molecular weight is 385 g/mol. The number of alkyl halides is 1. The number of rotatable bonds is 15. The molecule has 0 unspecified atom stereocenters. The molecule has 0 aliphatic rings. The van der Waals surface area contributed by atoms with Gasteiger partial charge in [-0.05, 0) is 12.8 Å². The molecular weight excluding hydrogens is 346 g/mol. The van der Waals surface area contributed by atoms with Crippen molar-refractivity contribution in [2.45, 2.75) is 84.0 Å². The molecule has 0 aromatic rings. The van der Waals surface area contributed by atoms with Crippen molar-refractivity contribution in [2.75, 3.05) is 32.5 Å². The van der Waals surface area contributed by atoms with E-state index in [0.29, 0.717) is 0 Å². The Balaban J connectivity index is 0. The van der Waals surface area contributed by atoms with Gasteiger partial charge in [0.2, 0.25) is 0 Å². The number of halogens is 2. The Labute approximate surface area is 149 Å². The summed E-state index contributed by atoms with van der Waals surface area (Å²) in [6, 6.07) is 0. The largest absolute Gasteiger partial charge is 1.00 e. The minimum atomic E-state index is 0. The van der Waals surface area contributed by atoms with Gasteiger partial charge >= 0.3 is 0 Å². The lowest BCUT2D eigenvalue weighted by Crippen LogP contribution is -3.00. The Kier molecular flexibility index (Phi) is 19.5. The Bertz CT molecular complexity index is 198. The second-order valence-corrected chi connectivity index (χ2v) is 7.75. The molecule has 21 heavy (non-hydrogen) atoms. The summed E-state index contributed by atoms with van der Waals surface area (Å²) in [7, 11) is 4.69. The second-order valence-electron chi connectivity index (χ2n) is 6.96. The SMILES string of the molecule is CCCCCCCCCCCCCC[N+](C)(C)CCBr.[Cl-]. The van der Waals surface area contributed by atoms with Crippen LogP contribution in [0.1, 0.15) is 84.0 Å². The average Bonchev–Trinajstić information content (AvgIpc) is 2.40. The van der Waals surface area contributed by atoms with E-state index < -0.39 is 0 Å². The van der Waals surface area contributed by atoms with Crippen LogP contribution in [0.5, 0.6) is 0 Å². The van der Waals surface area contributed by atoms with E-state index in [0.717, 1.165) is 5.33 Å². The molecule has 0 amide bonds. The van der Waals surface area contributed by atoms with Crippen LogP contribution in [0, 0.1) is 0 Å². The first-order valence-corrected chi connectivity index (χ1v) is 10.1. The van der Waals surface area contributed by atoms with E-state index in [4.69, 9.17) is 0 Å². The maximum Gasteiger partial charge on any atom is 0.0880 e. The first-order valence-electron chi connectivity index (χ1n) is 9.00. The fraction of sp³-hybridized carbons (Fsp3) is 1.00. The molecule has 0 aliphatic heterocycles. The van der Waals surface area contributed by atoms with Crippen molar-refractivity contribution in [1.29, 1.82) is 0 Å². The molecule has 0 saturated heterocycles. The third kappa shape index (κ3) is 18.7. The topological polar surface area (TPSA) is 0 Å². The van der Waals surface area contributed by atoms with Crippen molar-refractivity contribution in [2.24, 2.45) is 0 Å². The third-order valence-corrected chi connectivity index (χ3v) is 4.66. The predicted octanol–water partition coefficient (Wildman–Crippen LogP) is 3.16. The van der Waals surface area contributed by atoms with Crippen molar-refractivity contribution in [3.63, 3.8) is 0 Å². The highest BCUT2D eigenvalue weighted by molar-refractivity contribution is 9.09. The zero-order chi connectivity index (χ0) is 15.1. The van der Waals surface area contributed by atoms with Gasteiger partial charge in [-0.25, -0.2) is 0 Å². The lowest BCUT2D eigenvalue weighted by Gasteiger charge is -2.29. The van der Waals surface area contributed by atoms with Crippen LogP contribution in [-0.4, -0.2) is 37.0 Å². The molecule has 0 aliphatic carbocycles. The molecule has 0 saturated carbocycles. The summed E-state index contributed by atoms with van der Waals surface area (Å²) in [4.78, 5) is 0. The predicted molar refractivity (Wildman–Crippen MR) is 96.7 cm³/mol. The van der Waals surface area contributed by atoms with Crippen molar-refractivity contribution in [1.82, 2.24) is 0 Å². The molecule has 0 atom stereocenters. The number of hydrogen-bond acceptors (Lipinski definition) is 0. The summed E-state index contributed by atoms with van der Waals surface area (Å²) in [5, 5.41) is 1.12. The zero-order valence-electron chi connectivity index (χ0n) is 14.8. The van der Waals surface area contributed by atoms with Crippen molar-refractivity contribution >= 4 is 15.9 Å². The van der Waals surface area contributed by atoms with E-state index in [1.807, 2.05) is 0 Å². The van der Waals surface area contributed by atoms with E-state index in [1.165, 1.54) is 94.6 Å². The van der Waals surface area contributed by atoms with E-state index >= 15 is 0 Å². The number of unbranched alkanes of at least 4 members (excludes halogenated alkanes) is 11. The first kappa shape index (κ1) is 24.0. The Morgan fingerprint density at radius 2 is 1.00 bits per heavy atom. The van der Waals surface area contributed by atoms with Gasteiger partial charge in [-0.2, -0.15) is 0 Å². The van der Waals surface area contributed by atoms with Gasteiger partial charge in [0.15, 0.2) is 0 Å². The van der Waals surface area contributed by atoms with Gasteiger partial charge < -0.3 is 16.9 Å². The van der Waals surface area contributed by atoms with Crippen molar-refractivity contribution in [3.8, 4) is 0 Å². The highest BCUT2D eigenvalue weighted by atomic mass is 79.9. The van der Waals surface area contributed by atoms with Crippen LogP contribution in [0.15, 0.2) is 0 Å². The summed E-state index contributed by atoms with van der Waals surface area (Å²) in [5.41, 5.74) is 0. The van der Waals surface area contributed by atoms with Gasteiger partial charge in [0.25, 0.3) is 0 Å². The van der Waals surface area contributed by atoms with E-state index in [1.54, 1.807) is 0 Å². The van der Waals surface area contributed by atoms with Crippen LogP contribution < -0.4 is 12.4 Å². The molecule has 0 aromatic carbocycles. The smallest absolute Gasteiger partial charge is 0.0880 e. The van der Waals surface area contributed by atoms with Gasteiger partial charge in [0, 0.05) is 0 Å². The Hall–Kier alpha value is 0.730. The molecule has 0 radical (unpaired) electrons. The van der Waals surface area contributed by atoms with Crippen LogP contribution in [0.25, 0.3) is 0 Å². The normalized spacial score (nSPS) is 11.4. The lowest BCUT2D eigenvalue weighted by molar-refractivity contribution is -0.887. The third-order valence-electron chi connectivity index (χ3n) is 4.31. The maximum atomic E-state index is 3.55. The highest BCUT2D eigenvalue weighted by Crippen LogP contribution is 2.12. The van der Waals surface area contributed by atoms with Crippen molar-refractivity contribution in [3.05, 3.63) is 0 Å². The summed E-state index contributed by atoms with van der Waals surface area (Å²) in [5.74, 6) is 0. The number of quaternary nitrogens is 1. The summed E-state index contributed by atoms with van der Waals surface area (Å²) >= 11 is 3.55. The quantitative estimate of drug-likeness (QED) is 0.231. The standard InChI is InChI=1S/C18H39BrN.ClH/c1-4-5-6-7-8-9-10-11-12-13-14-15-17-20(2,3)18-16-19;/h4-18H2,1-3H3;1H/q+1;/p-1. The fourth-order valence-electron chi connectivity index (χ4n) is 2.72. The molecule has 0 N–H and O–H groups in total. The van der Waals surface area contributed by atoms with Gasteiger partial charge in [-0.3, -0.25) is 0 Å². The Morgan fingerprint density at radius 1 is 0.619 bits per heavy atom. The summed E-state index contributed by atoms with van der Waals surface area (Å²) in [6.07, 6.45) is 17.3. The van der Waals surface area contributed by atoms with Crippen LogP contribution >= 0.6 is 15.9 Å². The van der Waals surface area contributed by atoms with Gasteiger partial charge in [-0.15, -0.1) is 0 Å². The van der Waals surface area contributed by atoms with Gasteiger partial charge in [0.05, 0.1) is 32.5 Å². The first-order chi connectivity index (χ1) is 9.62. The summed E-state index contributed by atoms with van der Waals surface area (Å²) in [6.45, 7) is 4.88. The van der Waals surface area contributed by atoms with E-state index in [-0.39, 0.29) is 12.4 Å². The summed E-state index contributed by atoms with van der Waals surface area (Å²) < 4.78 is 1.17. The molecule has 0 heterocycles. The monoisotopic (exact) mass is 383 g/mol. The molecule has 0 spiro atoms. The minimum absolute atomic E-state index is 0.